The van der Waals surface area contributed by atoms with Crippen LogP contribution in [-0.2, 0) is 27.0 Å². The van der Waals surface area contributed by atoms with Gasteiger partial charge >= 0.3 is 34.2 Å². The molecule has 44 heavy (non-hydrogen) atoms. The number of hydrogen-bond donors (Lipinski definition) is 0. The van der Waals surface area contributed by atoms with E-state index in [0.29, 0.717) is 5.56 Å². The molecule has 6 nitrogen and oxygen atoms in total. The molecule has 0 unspecified atom stereocenters. The summed E-state index contributed by atoms with van der Waals surface area (Å²) in [7, 11) is -13.6. The summed E-state index contributed by atoms with van der Waals surface area (Å²) in [6.07, 6.45) is 4.70. The van der Waals surface area contributed by atoms with Gasteiger partial charge in [-0.1, -0.05) is 62.6 Å². The first-order chi connectivity index (χ1) is 20.1. The van der Waals surface area contributed by atoms with E-state index in [1.54, 1.807) is 0 Å². The fraction of sp³-hybridized carbons (Fsp3) is 0.594. The quantitative estimate of drug-likeness (QED) is 0.114. The number of nitriles is 1. The van der Waals surface area contributed by atoms with Crippen LogP contribution in [0.25, 0.3) is 11.1 Å². The predicted molar refractivity (Wildman–Crippen MR) is 200 cm³/mol. The first kappa shape index (κ1) is 39.2. The van der Waals surface area contributed by atoms with Crippen LogP contribution in [0, 0.1) is 11.3 Å². The molecule has 0 heterocycles. The molecule has 2 aromatic carbocycles. The molecular formula is C32H59NO5Si6. The highest BCUT2D eigenvalue weighted by Crippen LogP contribution is 2.30. The summed E-state index contributed by atoms with van der Waals surface area (Å²) in [4.78, 5) is 0. The summed E-state index contributed by atoms with van der Waals surface area (Å²) in [5, 5.41) is 9.05. The standard InChI is InChI=1S/C32H59NO5Si6/c1-14-15-16-26-39(2,3)34-41(6,7)36-43(10,11)38-44(12,13)37-42(8,9)35-40(4,5)27-25-29-17-21-31(22-18-29)32-23-19-30(28-33)20-24-32/h17-24H,14-16,25-27H2,1-13H3. The molecule has 0 amide bonds. The molecule has 12 heteroatoms. The van der Waals surface area contributed by atoms with Crippen LogP contribution in [0.3, 0.4) is 0 Å². The molecule has 0 aliphatic carbocycles. The lowest BCUT2D eigenvalue weighted by Crippen LogP contribution is -2.60. The first-order valence-corrected chi connectivity index (χ1v) is 33.7. The Morgan fingerprint density at radius 3 is 1.32 bits per heavy atom. The van der Waals surface area contributed by atoms with Crippen LogP contribution < -0.4 is 0 Å². The third-order valence-electron chi connectivity index (χ3n) is 7.22. The SMILES string of the molecule is CCCCC[Si](C)(C)O[Si](C)(C)O[Si](C)(C)O[Si](C)(C)O[Si](C)(C)O[Si](C)(C)CCc1ccc(-c2ccc(C#N)cc2)cc1. The van der Waals surface area contributed by atoms with Crippen molar-refractivity contribution in [2.75, 3.05) is 0 Å². The van der Waals surface area contributed by atoms with E-state index in [9.17, 15) is 0 Å². The number of hydrogen-bond acceptors (Lipinski definition) is 6. The van der Waals surface area contributed by atoms with Crippen LogP contribution in [0.2, 0.25) is 90.7 Å². The summed E-state index contributed by atoms with van der Waals surface area (Å²) < 4.78 is 33.9. The lowest BCUT2D eigenvalue weighted by Gasteiger charge is -2.43. The molecule has 246 valence electrons. The monoisotopic (exact) mass is 705 g/mol. The van der Waals surface area contributed by atoms with Gasteiger partial charge in [-0.2, -0.15) is 5.26 Å². The van der Waals surface area contributed by atoms with E-state index in [0.717, 1.165) is 23.6 Å². The van der Waals surface area contributed by atoms with Crippen molar-refractivity contribution in [2.45, 2.75) is 123 Å². The van der Waals surface area contributed by atoms with Crippen LogP contribution in [0.4, 0.5) is 0 Å². The van der Waals surface area contributed by atoms with Gasteiger partial charge in [0.05, 0.1) is 11.6 Å². The van der Waals surface area contributed by atoms with Gasteiger partial charge in [-0.3, -0.25) is 0 Å². The zero-order valence-corrected chi connectivity index (χ0v) is 35.8. The second-order valence-electron chi connectivity index (χ2n) is 15.0. The van der Waals surface area contributed by atoms with Crippen molar-refractivity contribution in [3.05, 3.63) is 59.7 Å². The molecule has 0 spiro atoms. The summed E-state index contributed by atoms with van der Waals surface area (Å²) in [6.45, 7) is 28.7. The van der Waals surface area contributed by atoms with Gasteiger partial charge < -0.3 is 20.6 Å². The molecule has 0 aliphatic heterocycles. The van der Waals surface area contributed by atoms with Crippen molar-refractivity contribution >= 4 is 50.9 Å². The Kier molecular flexibility index (Phi) is 14.0. The normalized spacial score (nSPS) is 13.6. The lowest BCUT2D eigenvalue weighted by molar-refractivity contribution is 0.281. The number of unbranched alkanes of at least 4 members (excludes halogenated alkanes) is 2. The minimum Gasteiger partial charge on any atom is -0.436 e. The smallest absolute Gasteiger partial charge is 0.314 e. The van der Waals surface area contributed by atoms with Gasteiger partial charge in [0.25, 0.3) is 0 Å². The largest absolute Gasteiger partial charge is 0.436 e. The third kappa shape index (κ3) is 14.6. The molecule has 0 N–H and O–H groups in total. The number of rotatable bonds is 18. The number of nitrogens with zero attached hydrogens (tertiary/aromatic N) is 1. The molecule has 2 aromatic rings. The highest BCUT2D eigenvalue weighted by atomic mass is 28.5. The predicted octanol–water partition coefficient (Wildman–Crippen LogP) is 10.3. The molecule has 0 radical (unpaired) electrons. The Morgan fingerprint density at radius 2 is 0.909 bits per heavy atom. The summed E-state index contributed by atoms with van der Waals surface area (Å²) in [6, 6.07) is 20.8. The van der Waals surface area contributed by atoms with Gasteiger partial charge in [0.2, 0.25) is 0 Å². The van der Waals surface area contributed by atoms with Gasteiger partial charge in [-0.25, -0.2) is 0 Å². The minimum atomic E-state index is -2.53. The average molecular weight is 706 g/mol. The van der Waals surface area contributed by atoms with E-state index >= 15 is 0 Å². The number of benzene rings is 2. The van der Waals surface area contributed by atoms with Crippen LogP contribution in [0.1, 0.15) is 37.3 Å². The van der Waals surface area contributed by atoms with Gasteiger partial charge in [-0.05, 0) is 126 Å². The van der Waals surface area contributed by atoms with Gasteiger partial charge in [0, 0.05) is 0 Å². The maximum Gasteiger partial charge on any atom is 0.314 e. The molecule has 0 atom stereocenters. The molecule has 0 aliphatic rings. The van der Waals surface area contributed by atoms with Crippen LogP contribution >= 0.6 is 0 Å². The van der Waals surface area contributed by atoms with Crippen molar-refractivity contribution in [2.24, 2.45) is 0 Å². The first-order valence-electron chi connectivity index (χ1n) is 16.2. The van der Waals surface area contributed by atoms with Crippen LogP contribution in [0.5, 0.6) is 0 Å². The Morgan fingerprint density at radius 1 is 0.523 bits per heavy atom. The third-order valence-corrected chi connectivity index (χ3v) is 30.4. The molecule has 0 bridgehead atoms. The van der Waals surface area contributed by atoms with Crippen molar-refractivity contribution in [1.82, 2.24) is 0 Å². The van der Waals surface area contributed by atoms with E-state index in [-0.39, 0.29) is 0 Å². The highest BCUT2D eigenvalue weighted by molar-refractivity contribution is 6.91. The van der Waals surface area contributed by atoms with Crippen molar-refractivity contribution in [3.63, 3.8) is 0 Å². The number of aryl methyl sites for hydroxylation is 1. The Hall–Kier alpha value is -0.969. The minimum absolute atomic E-state index is 0.680. The summed E-state index contributed by atoms with van der Waals surface area (Å²) in [5.74, 6) is 0. The molecular weight excluding hydrogens is 647 g/mol. The second kappa shape index (κ2) is 15.7. The van der Waals surface area contributed by atoms with E-state index in [1.807, 2.05) is 24.3 Å². The van der Waals surface area contributed by atoms with Crippen molar-refractivity contribution in [1.29, 1.82) is 5.26 Å². The van der Waals surface area contributed by atoms with Gasteiger partial charge in [0.1, 0.15) is 0 Å². The van der Waals surface area contributed by atoms with E-state index < -0.39 is 50.9 Å². The fourth-order valence-corrected chi connectivity index (χ4v) is 36.0. The van der Waals surface area contributed by atoms with Crippen molar-refractivity contribution < 1.29 is 20.6 Å². The zero-order chi connectivity index (χ0) is 33.5. The maximum atomic E-state index is 9.05. The molecule has 2 rings (SSSR count). The molecule has 0 fully saturated rings. The molecule has 0 saturated carbocycles. The van der Waals surface area contributed by atoms with E-state index in [4.69, 9.17) is 25.8 Å². The molecule has 0 aromatic heterocycles. The van der Waals surface area contributed by atoms with Gasteiger partial charge in [-0.15, -0.1) is 0 Å². The summed E-state index contributed by atoms with van der Waals surface area (Å²) >= 11 is 0. The fourth-order valence-electron chi connectivity index (χ4n) is 6.14. The van der Waals surface area contributed by atoms with E-state index in [1.165, 1.54) is 30.9 Å². The van der Waals surface area contributed by atoms with Gasteiger partial charge in [0.15, 0.2) is 16.6 Å². The maximum absolute atomic E-state index is 9.05. The topological polar surface area (TPSA) is 69.9 Å². The van der Waals surface area contributed by atoms with Crippen LogP contribution in [0.15, 0.2) is 48.5 Å². The van der Waals surface area contributed by atoms with E-state index in [2.05, 4.69) is 116 Å². The Balaban J connectivity index is 1.94. The highest BCUT2D eigenvalue weighted by Gasteiger charge is 2.47. The average Bonchev–Trinajstić information content (AvgIpc) is 2.84. The van der Waals surface area contributed by atoms with Crippen LogP contribution in [-0.4, -0.2) is 50.9 Å². The summed E-state index contributed by atoms with van der Waals surface area (Å²) in [5.41, 5.74) is 4.26. The lowest BCUT2D eigenvalue weighted by atomic mass is 10.0. The zero-order valence-electron chi connectivity index (χ0n) is 29.8. The molecule has 0 saturated heterocycles. The second-order valence-corrected chi connectivity index (χ2v) is 38.3. The Bertz CT molecular complexity index is 1230. The Labute approximate surface area is 275 Å². The van der Waals surface area contributed by atoms with Crippen molar-refractivity contribution in [3.8, 4) is 17.2 Å².